The molecule has 124 valence electrons. The number of aliphatic hydroxyl groups excluding tert-OH is 1. The highest BCUT2D eigenvalue weighted by atomic mass is 16.5. The third-order valence-corrected chi connectivity index (χ3v) is 4.70. The predicted octanol–water partition coefficient (Wildman–Crippen LogP) is 1.49. The van der Waals surface area contributed by atoms with Crippen LogP contribution in [0.5, 0.6) is 5.75 Å². The molecule has 1 aromatic carbocycles. The molecule has 6 heteroatoms. The Kier molecular flexibility index (Phi) is 4.26. The molecule has 1 aliphatic heterocycles. The van der Waals surface area contributed by atoms with Crippen molar-refractivity contribution in [2.24, 2.45) is 5.92 Å². The lowest BCUT2D eigenvalue weighted by Crippen LogP contribution is -2.26. The van der Waals surface area contributed by atoms with E-state index in [2.05, 4.69) is 0 Å². The van der Waals surface area contributed by atoms with Crippen molar-refractivity contribution < 1.29 is 29.3 Å². The smallest absolute Gasteiger partial charge is 0.303 e. The van der Waals surface area contributed by atoms with E-state index in [-0.39, 0.29) is 43.0 Å². The first-order valence-corrected chi connectivity index (χ1v) is 7.79. The molecule has 0 amide bonds. The zero-order valence-electron chi connectivity index (χ0n) is 12.9. The quantitative estimate of drug-likeness (QED) is 0.799. The van der Waals surface area contributed by atoms with Crippen molar-refractivity contribution in [3.05, 3.63) is 29.3 Å². The fourth-order valence-electron chi connectivity index (χ4n) is 3.79. The number of aliphatic carboxylic acids is 1. The second kappa shape index (κ2) is 6.20. The first-order chi connectivity index (χ1) is 11.0. The number of carbonyl (C=O) groups is 2. The number of carboxylic acid groups (broad SMARTS) is 1. The largest absolute Gasteiger partial charge is 0.489 e. The highest BCUT2D eigenvalue weighted by molar-refractivity contribution is 5.67. The van der Waals surface area contributed by atoms with Gasteiger partial charge in [0.15, 0.2) is 0 Å². The minimum atomic E-state index is -0.844. The van der Waals surface area contributed by atoms with Gasteiger partial charge >= 0.3 is 11.9 Å². The fourth-order valence-corrected chi connectivity index (χ4v) is 3.79. The third kappa shape index (κ3) is 2.91. The van der Waals surface area contributed by atoms with Crippen LogP contribution in [0.25, 0.3) is 0 Å². The van der Waals surface area contributed by atoms with E-state index < -0.39 is 5.97 Å². The number of carbonyl (C=O) groups excluding carboxylic acids is 1. The van der Waals surface area contributed by atoms with Crippen LogP contribution in [0.4, 0.5) is 0 Å². The zero-order chi connectivity index (χ0) is 16.6. The zero-order valence-corrected chi connectivity index (χ0v) is 12.9. The van der Waals surface area contributed by atoms with Gasteiger partial charge in [0.1, 0.15) is 18.0 Å². The highest BCUT2D eigenvalue weighted by Gasteiger charge is 2.51. The molecule has 1 aliphatic carbocycles. The van der Waals surface area contributed by atoms with Gasteiger partial charge in [0.2, 0.25) is 0 Å². The summed E-state index contributed by atoms with van der Waals surface area (Å²) < 4.78 is 11.4. The van der Waals surface area contributed by atoms with Gasteiger partial charge in [-0.1, -0.05) is 18.2 Å². The third-order valence-electron chi connectivity index (χ3n) is 4.70. The molecule has 1 fully saturated rings. The second-order valence-corrected chi connectivity index (χ2v) is 6.14. The number of fused-ring (bicyclic) bond motifs is 3. The van der Waals surface area contributed by atoms with Crippen molar-refractivity contribution in [2.75, 3.05) is 6.61 Å². The lowest BCUT2D eigenvalue weighted by molar-refractivity contribution is -0.149. The number of hydrogen-bond donors (Lipinski definition) is 2. The number of para-hydroxylation sites is 1. The Bertz CT molecular complexity index is 626. The average Bonchev–Trinajstić information content (AvgIpc) is 2.99. The number of carboxylic acids is 1. The lowest BCUT2D eigenvalue weighted by Gasteiger charge is -2.21. The van der Waals surface area contributed by atoms with Crippen molar-refractivity contribution in [3.8, 4) is 5.75 Å². The molecular weight excluding hydrogens is 300 g/mol. The van der Waals surface area contributed by atoms with Gasteiger partial charge in [0.05, 0.1) is 6.61 Å². The summed E-state index contributed by atoms with van der Waals surface area (Å²) in [6.07, 6.45) is 0.521. The van der Waals surface area contributed by atoms with E-state index in [9.17, 15) is 14.7 Å². The molecule has 1 saturated carbocycles. The van der Waals surface area contributed by atoms with E-state index in [1.807, 2.05) is 18.2 Å². The molecule has 0 aromatic heterocycles. The van der Waals surface area contributed by atoms with Crippen molar-refractivity contribution in [2.45, 2.75) is 44.3 Å². The number of aryl methyl sites for hydroxylation is 1. The van der Waals surface area contributed by atoms with Gasteiger partial charge in [-0.15, -0.1) is 0 Å². The minimum Gasteiger partial charge on any atom is -0.489 e. The van der Waals surface area contributed by atoms with Crippen LogP contribution in [0.1, 0.15) is 36.8 Å². The van der Waals surface area contributed by atoms with Crippen LogP contribution in [0.2, 0.25) is 0 Å². The number of ether oxygens (including phenoxy) is 2. The molecule has 2 N–H and O–H groups in total. The Morgan fingerprint density at radius 2 is 2.17 bits per heavy atom. The normalized spacial score (nSPS) is 27.9. The number of esters is 1. The Morgan fingerprint density at radius 3 is 2.83 bits per heavy atom. The van der Waals surface area contributed by atoms with E-state index in [4.69, 9.17) is 14.6 Å². The van der Waals surface area contributed by atoms with Crippen LogP contribution in [-0.4, -0.2) is 41.0 Å². The molecule has 0 bridgehead atoms. The van der Waals surface area contributed by atoms with Crippen LogP contribution in [0.3, 0.4) is 0 Å². The standard InChI is InChI=1S/C17H20O6/c1-9(19)22-13-7-14-16(12(13)8-18)11-4-2-3-10(17(11)23-14)5-6-15(20)21/h2-4,12-14,16,18H,5-8H2,1H3,(H,20,21)/t12-,13+,14-,16+/m0/s1. The second-order valence-electron chi connectivity index (χ2n) is 6.14. The summed E-state index contributed by atoms with van der Waals surface area (Å²) in [6.45, 7) is 1.28. The van der Waals surface area contributed by atoms with Gasteiger partial charge in [0.25, 0.3) is 0 Å². The Labute approximate surface area is 134 Å². The summed E-state index contributed by atoms with van der Waals surface area (Å²) in [5.74, 6) is -0.680. The Balaban J connectivity index is 1.86. The highest BCUT2D eigenvalue weighted by Crippen LogP contribution is 2.52. The number of hydrogen-bond acceptors (Lipinski definition) is 5. The van der Waals surface area contributed by atoms with Gasteiger partial charge in [-0.2, -0.15) is 0 Å². The summed E-state index contributed by atoms with van der Waals surface area (Å²) in [6, 6.07) is 5.71. The summed E-state index contributed by atoms with van der Waals surface area (Å²) >= 11 is 0. The molecule has 0 radical (unpaired) electrons. The van der Waals surface area contributed by atoms with Crippen molar-refractivity contribution in [1.82, 2.24) is 0 Å². The first-order valence-electron chi connectivity index (χ1n) is 7.79. The maximum Gasteiger partial charge on any atom is 0.303 e. The fraction of sp³-hybridized carbons (Fsp3) is 0.529. The Hall–Kier alpha value is -2.08. The molecular formula is C17H20O6. The van der Waals surface area contributed by atoms with Crippen molar-refractivity contribution in [3.63, 3.8) is 0 Å². The first kappa shape index (κ1) is 15.8. The summed E-state index contributed by atoms with van der Waals surface area (Å²) in [4.78, 5) is 22.0. The van der Waals surface area contributed by atoms with Crippen LogP contribution in [-0.2, 0) is 20.7 Å². The molecule has 0 unspecified atom stereocenters. The SMILES string of the molecule is CC(=O)O[C@@H]1C[C@@H]2Oc3c(CCC(=O)O)cccc3[C@@H]2[C@H]1CO. The van der Waals surface area contributed by atoms with E-state index in [1.54, 1.807) is 0 Å². The minimum absolute atomic E-state index is 0.0240. The number of benzene rings is 1. The summed E-state index contributed by atoms with van der Waals surface area (Å²) in [5.41, 5.74) is 1.85. The summed E-state index contributed by atoms with van der Waals surface area (Å²) in [5, 5.41) is 18.6. The molecule has 0 saturated heterocycles. The van der Waals surface area contributed by atoms with E-state index in [0.717, 1.165) is 16.9 Å². The molecule has 6 nitrogen and oxygen atoms in total. The maximum atomic E-state index is 11.2. The van der Waals surface area contributed by atoms with Crippen LogP contribution in [0.15, 0.2) is 18.2 Å². The molecule has 1 heterocycles. The lowest BCUT2D eigenvalue weighted by atomic mass is 9.87. The number of aliphatic hydroxyl groups is 1. The number of rotatable bonds is 5. The topological polar surface area (TPSA) is 93.1 Å². The van der Waals surface area contributed by atoms with Crippen molar-refractivity contribution in [1.29, 1.82) is 0 Å². The Morgan fingerprint density at radius 1 is 1.39 bits per heavy atom. The van der Waals surface area contributed by atoms with Crippen molar-refractivity contribution >= 4 is 11.9 Å². The molecule has 4 atom stereocenters. The van der Waals surface area contributed by atoms with E-state index in [1.165, 1.54) is 6.92 Å². The van der Waals surface area contributed by atoms with Gasteiger partial charge in [-0.3, -0.25) is 9.59 Å². The van der Waals surface area contributed by atoms with Gasteiger partial charge in [-0.05, 0) is 12.0 Å². The monoisotopic (exact) mass is 320 g/mol. The van der Waals surface area contributed by atoms with Gasteiger partial charge in [0, 0.05) is 37.2 Å². The van der Waals surface area contributed by atoms with Crippen LogP contribution >= 0.6 is 0 Å². The molecule has 23 heavy (non-hydrogen) atoms. The van der Waals surface area contributed by atoms with Crippen LogP contribution < -0.4 is 4.74 Å². The van der Waals surface area contributed by atoms with E-state index in [0.29, 0.717) is 12.8 Å². The predicted molar refractivity (Wildman–Crippen MR) is 80.3 cm³/mol. The molecule has 1 aromatic rings. The van der Waals surface area contributed by atoms with Crippen LogP contribution in [0, 0.1) is 5.92 Å². The molecule has 0 spiro atoms. The van der Waals surface area contributed by atoms with Gasteiger partial charge < -0.3 is 19.7 Å². The summed E-state index contributed by atoms with van der Waals surface area (Å²) in [7, 11) is 0. The van der Waals surface area contributed by atoms with E-state index >= 15 is 0 Å². The average molecular weight is 320 g/mol. The van der Waals surface area contributed by atoms with Gasteiger partial charge in [-0.25, -0.2) is 0 Å². The molecule has 2 aliphatic rings. The molecule has 3 rings (SSSR count). The maximum absolute atomic E-state index is 11.2.